The molecule has 1 aliphatic rings. The third-order valence-corrected chi connectivity index (χ3v) is 5.92. The number of hydrogen-bond donors (Lipinski definition) is 0. The molecule has 1 aliphatic carbocycles. The van der Waals surface area contributed by atoms with Crippen molar-refractivity contribution in [2.75, 3.05) is 14.2 Å². The number of methoxy groups -OCH3 is 2. The first-order chi connectivity index (χ1) is 13.6. The van der Waals surface area contributed by atoms with Crippen molar-refractivity contribution >= 4 is 0 Å². The molecule has 3 atom stereocenters. The van der Waals surface area contributed by atoms with E-state index in [1.807, 2.05) is 18.2 Å². The zero-order chi connectivity index (χ0) is 19.7. The van der Waals surface area contributed by atoms with Crippen LogP contribution in [0.15, 0.2) is 66.7 Å². The molecule has 144 valence electrons. The zero-order valence-corrected chi connectivity index (χ0v) is 16.5. The van der Waals surface area contributed by atoms with Crippen molar-refractivity contribution in [3.63, 3.8) is 0 Å². The van der Waals surface area contributed by atoms with Crippen LogP contribution in [0.2, 0.25) is 0 Å². The van der Waals surface area contributed by atoms with E-state index < -0.39 is 0 Å². The van der Waals surface area contributed by atoms with Crippen molar-refractivity contribution in [3.05, 3.63) is 94.8 Å². The van der Waals surface area contributed by atoms with Crippen LogP contribution in [0.25, 0.3) is 0 Å². The van der Waals surface area contributed by atoms with Crippen molar-refractivity contribution < 1.29 is 13.9 Å². The average molecular weight is 376 g/mol. The van der Waals surface area contributed by atoms with E-state index >= 15 is 0 Å². The third-order valence-electron chi connectivity index (χ3n) is 5.92. The van der Waals surface area contributed by atoms with E-state index in [0.717, 1.165) is 23.5 Å². The van der Waals surface area contributed by atoms with Crippen molar-refractivity contribution in [1.29, 1.82) is 0 Å². The summed E-state index contributed by atoms with van der Waals surface area (Å²) in [5.74, 6) is 2.10. The predicted molar refractivity (Wildman–Crippen MR) is 110 cm³/mol. The Morgan fingerprint density at radius 2 is 1.39 bits per heavy atom. The third kappa shape index (κ3) is 3.26. The number of benzene rings is 3. The standard InChI is InChI=1S/C25H25FO2/c1-16-13-21(17-7-5-4-6-8-17)25(18-9-11-19(26)12-10-18)22-15-24(28-3)23(27-2)14-20(16)22/h4-12,14-16,21,25H,13H2,1-3H3/t16-,21-,25-/m1/s1. The maximum Gasteiger partial charge on any atom is 0.161 e. The number of rotatable bonds is 4. The van der Waals surface area contributed by atoms with E-state index in [1.165, 1.54) is 16.7 Å². The van der Waals surface area contributed by atoms with Gasteiger partial charge in [0.25, 0.3) is 0 Å². The van der Waals surface area contributed by atoms with Gasteiger partial charge in [-0.2, -0.15) is 0 Å². The first-order valence-corrected chi connectivity index (χ1v) is 9.68. The van der Waals surface area contributed by atoms with Crippen LogP contribution >= 0.6 is 0 Å². The smallest absolute Gasteiger partial charge is 0.161 e. The molecule has 4 rings (SSSR count). The lowest BCUT2D eigenvalue weighted by Crippen LogP contribution is -2.23. The Morgan fingerprint density at radius 1 is 0.786 bits per heavy atom. The lowest BCUT2D eigenvalue weighted by Gasteiger charge is -2.38. The van der Waals surface area contributed by atoms with Gasteiger partial charge in [0.1, 0.15) is 5.82 Å². The maximum absolute atomic E-state index is 13.6. The Hall–Kier alpha value is -2.81. The van der Waals surface area contributed by atoms with Crippen molar-refractivity contribution in [1.82, 2.24) is 0 Å². The summed E-state index contributed by atoms with van der Waals surface area (Å²) >= 11 is 0. The number of hydrogen-bond acceptors (Lipinski definition) is 2. The quantitative estimate of drug-likeness (QED) is 0.534. The molecule has 3 heteroatoms. The zero-order valence-electron chi connectivity index (χ0n) is 16.5. The Balaban J connectivity index is 1.93. The van der Waals surface area contributed by atoms with Crippen LogP contribution < -0.4 is 9.47 Å². The molecule has 0 aliphatic heterocycles. The normalized spacial score (nSPS) is 21.1. The van der Waals surface area contributed by atoms with Crippen LogP contribution in [0.3, 0.4) is 0 Å². The fourth-order valence-electron chi connectivity index (χ4n) is 4.58. The minimum absolute atomic E-state index is 0.133. The number of ether oxygens (including phenoxy) is 2. The van der Waals surface area contributed by atoms with Gasteiger partial charge in [0.2, 0.25) is 0 Å². The Labute approximate surface area is 165 Å². The molecule has 3 aromatic carbocycles. The monoisotopic (exact) mass is 376 g/mol. The van der Waals surface area contributed by atoms with E-state index in [0.29, 0.717) is 11.8 Å². The van der Waals surface area contributed by atoms with E-state index in [9.17, 15) is 4.39 Å². The summed E-state index contributed by atoms with van der Waals surface area (Å²) in [4.78, 5) is 0. The van der Waals surface area contributed by atoms with Gasteiger partial charge in [0, 0.05) is 5.92 Å². The van der Waals surface area contributed by atoms with Crippen molar-refractivity contribution in [3.8, 4) is 11.5 Å². The molecule has 0 radical (unpaired) electrons. The maximum atomic E-state index is 13.6. The summed E-state index contributed by atoms with van der Waals surface area (Å²) in [6.45, 7) is 2.27. The Bertz CT molecular complexity index is 950. The Kier molecular flexibility index (Phi) is 5.08. The van der Waals surface area contributed by atoms with Crippen molar-refractivity contribution in [2.45, 2.75) is 31.1 Å². The van der Waals surface area contributed by atoms with E-state index in [-0.39, 0.29) is 11.7 Å². The molecule has 3 aromatic rings. The van der Waals surface area contributed by atoms with Crippen LogP contribution in [-0.4, -0.2) is 14.2 Å². The number of halogens is 1. The minimum atomic E-state index is -0.211. The van der Waals surface area contributed by atoms with Crippen LogP contribution in [0.1, 0.15) is 53.4 Å². The van der Waals surface area contributed by atoms with Gasteiger partial charge < -0.3 is 9.47 Å². The summed E-state index contributed by atoms with van der Waals surface area (Å²) in [6, 6.07) is 21.7. The second kappa shape index (κ2) is 7.67. The second-order valence-electron chi connectivity index (χ2n) is 7.52. The first-order valence-electron chi connectivity index (χ1n) is 9.68. The molecule has 0 heterocycles. The first kappa shape index (κ1) is 18.5. The molecule has 0 N–H and O–H groups in total. The molecule has 0 bridgehead atoms. The molecule has 28 heavy (non-hydrogen) atoms. The lowest BCUT2D eigenvalue weighted by atomic mass is 9.66. The van der Waals surface area contributed by atoms with Crippen LogP contribution in [0.5, 0.6) is 11.5 Å². The minimum Gasteiger partial charge on any atom is -0.493 e. The summed E-state index contributed by atoms with van der Waals surface area (Å²) in [7, 11) is 3.33. The van der Waals surface area contributed by atoms with Crippen LogP contribution in [-0.2, 0) is 0 Å². The van der Waals surface area contributed by atoms with Crippen LogP contribution in [0, 0.1) is 5.82 Å². The highest BCUT2D eigenvalue weighted by molar-refractivity contribution is 5.54. The van der Waals surface area contributed by atoms with Gasteiger partial charge in [-0.25, -0.2) is 4.39 Å². The molecule has 0 saturated heterocycles. The topological polar surface area (TPSA) is 18.5 Å². The van der Waals surface area contributed by atoms with Gasteiger partial charge >= 0.3 is 0 Å². The molecular formula is C25H25FO2. The van der Waals surface area contributed by atoms with Gasteiger partial charge in [-0.05, 0) is 64.8 Å². The van der Waals surface area contributed by atoms with Crippen LogP contribution in [0.4, 0.5) is 4.39 Å². The molecule has 0 unspecified atom stereocenters. The molecule has 0 saturated carbocycles. The van der Waals surface area contributed by atoms with E-state index in [1.54, 1.807) is 26.4 Å². The fourth-order valence-corrected chi connectivity index (χ4v) is 4.58. The van der Waals surface area contributed by atoms with E-state index in [2.05, 4.69) is 43.3 Å². The molecule has 2 nitrogen and oxygen atoms in total. The summed E-state index contributed by atoms with van der Waals surface area (Å²) in [5.41, 5.74) is 4.94. The summed E-state index contributed by atoms with van der Waals surface area (Å²) < 4.78 is 24.8. The molecular weight excluding hydrogens is 351 g/mol. The number of fused-ring (bicyclic) bond motifs is 1. The van der Waals surface area contributed by atoms with Crippen molar-refractivity contribution in [2.24, 2.45) is 0 Å². The van der Waals surface area contributed by atoms with Gasteiger partial charge in [-0.15, -0.1) is 0 Å². The SMILES string of the molecule is COc1cc2c(cc1OC)[C@H](C)C[C@H](c1ccccc1)[C@H]2c1ccc(F)cc1. The molecule has 0 amide bonds. The van der Waals surface area contributed by atoms with E-state index in [4.69, 9.17) is 9.47 Å². The highest BCUT2D eigenvalue weighted by Crippen LogP contribution is 2.52. The fraction of sp³-hybridized carbons (Fsp3) is 0.280. The largest absolute Gasteiger partial charge is 0.493 e. The predicted octanol–water partition coefficient (Wildman–Crippen LogP) is 6.27. The lowest BCUT2D eigenvalue weighted by molar-refractivity contribution is 0.351. The van der Waals surface area contributed by atoms with Gasteiger partial charge in [-0.3, -0.25) is 0 Å². The van der Waals surface area contributed by atoms with Gasteiger partial charge in [0.05, 0.1) is 14.2 Å². The molecule has 0 aromatic heterocycles. The highest BCUT2D eigenvalue weighted by atomic mass is 19.1. The highest BCUT2D eigenvalue weighted by Gasteiger charge is 2.36. The Morgan fingerprint density at radius 3 is 2.00 bits per heavy atom. The van der Waals surface area contributed by atoms with Gasteiger partial charge in [-0.1, -0.05) is 49.4 Å². The van der Waals surface area contributed by atoms with Gasteiger partial charge in [0.15, 0.2) is 11.5 Å². The second-order valence-corrected chi connectivity index (χ2v) is 7.52. The molecule has 0 fully saturated rings. The average Bonchev–Trinajstić information content (AvgIpc) is 2.74. The summed E-state index contributed by atoms with van der Waals surface area (Å²) in [6.07, 6.45) is 1.02. The summed E-state index contributed by atoms with van der Waals surface area (Å²) in [5, 5.41) is 0. The molecule has 0 spiro atoms.